The lowest BCUT2D eigenvalue weighted by Gasteiger charge is -2.37. The Bertz CT molecular complexity index is 2110. The van der Waals surface area contributed by atoms with E-state index in [1.807, 2.05) is 73.6 Å². The average molecular weight is 801 g/mol. The summed E-state index contributed by atoms with van der Waals surface area (Å²) in [5.41, 5.74) is 4.77. The molecule has 1 fully saturated rings. The van der Waals surface area contributed by atoms with Crippen LogP contribution in [0.1, 0.15) is 48.0 Å². The van der Waals surface area contributed by atoms with Gasteiger partial charge in [0.2, 0.25) is 0 Å². The molecule has 1 aliphatic carbocycles. The Morgan fingerprint density at radius 2 is 1.62 bits per heavy atom. The van der Waals surface area contributed by atoms with Gasteiger partial charge in [-0.25, -0.2) is 17.5 Å². The number of carbonyl (C=O) groups excluding carboxylic acids is 1. The lowest BCUT2D eigenvalue weighted by Crippen LogP contribution is -2.47. The van der Waals surface area contributed by atoms with Gasteiger partial charge in [0, 0.05) is 66.7 Å². The van der Waals surface area contributed by atoms with Gasteiger partial charge in [-0.15, -0.1) is 11.8 Å². The van der Waals surface area contributed by atoms with Crippen molar-refractivity contribution in [2.24, 2.45) is 0 Å². The quantitative estimate of drug-likeness (QED) is 0.0667. The number of nitro groups is 1. The maximum absolute atomic E-state index is 13.6. The summed E-state index contributed by atoms with van der Waals surface area (Å²) in [6, 6.07) is 27.0. The minimum absolute atomic E-state index is 0.142. The number of carbonyl (C=O) groups is 1. The molecule has 2 N–H and O–H groups in total. The third-order valence-electron chi connectivity index (χ3n) is 10.2. The number of thioether (sulfide) groups is 1. The predicted molar refractivity (Wildman–Crippen MR) is 222 cm³/mol. The zero-order chi connectivity index (χ0) is 39.7. The molecule has 56 heavy (non-hydrogen) atoms. The summed E-state index contributed by atoms with van der Waals surface area (Å²) in [6.07, 6.45) is 5.08. The second-order valence-electron chi connectivity index (χ2n) is 14.5. The highest BCUT2D eigenvalue weighted by atomic mass is 32.2. The lowest BCUT2D eigenvalue weighted by molar-refractivity contribution is -0.384. The summed E-state index contributed by atoms with van der Waals surface area (Å²) < 4.78 is 42.3. The summed E-state index contributed by atoms with van der Waals surface area (Å²) in [6.45, 7) is 4.96. The van der Waals surface area contributed by atoms with E-state index in [0.29, 0.717) is 12.2 Å². The molecule has 1 saturated heterocycles. The summed E-state index contributed by atoms with van der Waals surface area (Å²) >= 11 is 1.63. The fraction of sp³-hybridized carbons (Fsp3) is 0.357. The van der Waals surface area contributed by atoms with Crippen molar-refractivity contribution in [2.45, 2.75) is 47.9 Å². The standard InChI is InChI=1S/C42H49FN6O5S2/c1-46(2)23-22-35(30-55-37-9-4-3-5-10-37)44-40-21-20-38(28-41(40)49(51)52)56(53,54)45-42(50)32-14-18-36(19-15-32)48-26-24-47(25-27-48)29-33-8-6-7-11-39(33)31-12-16-34(43)17-13-31/h3-5,9-10,12-21,28,35,44H,6-8,11,22-27,29-30H2,1-2H3,(H,45,50)/t35-/m1/s1. The molecule has 11 nitrogen and oxygen atoms in total. The molecule has 0 unspecified atom stereocenters. The first kappa shape index (κ1) is 40.9. The first-order valence-corrected chi connectivity index (χ1v) is 21.4. The molecule has 14 heteroatoms. The molecule has 0 bridgehead atoms. The highest BCUT2D eigenvalue weighted by molar-refractivity contribution is 7.99. The lowest BCUT2D eigenvalue weighted by atomic mass is 9.87. The van der Waals surface area contributed by atoms with Crippen molar-refractivity contribution in [1.29, 1.82) is 0 Å². The van der Waals surface area contributed by atoms with E-state index in [-0.39, 0.29) is 28.0 Å². The average Bonchev–Trinajstić information content (AvgIpc) is 3.20. The zero-order valence-electron chi connectivity index (χ0n) is 31.8. The van der Waals surface area contributed by atoms with Gasteiger partial charge in [0.25, 0.3) is 21.6 Å². The van der Waals surface area contributed by atoms with Crippen LogP contribution in [-0.4, -0.2) is 94.2 Å². The van der Waals surface area contributed by atoms with Crippen LogP contribution >= 0.6 is 11.8 Å². The van der Waals surface area contributed by atoms with Crippen molar-refractivity contribution >= 4 is 50.3 Å². The van der Waals surface area contributed by atoms with Gasteiger partial charge in [0.05, 0.1) is 9.82 Å². The number of halogens is 1. The van der Waals surface area contributed by atoms with Crippen molar-refractivity contribution in [3.05, 3.63) is 130 Å². The molecule has 6 rings (SSSR count). The summed E-state index contributed by atoms with van der Waals surface area (Å²) in [4.78, 5) is 32.1. The van der Waals surface area contributed by atoms with Crippen LogP contribution in [0.15, 0.2) is 112 Å². The van der Waals surface area contributed by atoms with Crippen molar-refractivity contribution in [3.63, 3.8) is 0 Å². The smallest absolute Gasteiger partial charge is 0.293 e. The predicted octanol–water partition coefficient (Wildman–Crippen LogP) is 7.53. The number of piperazine rings is 1. The Labute approximate surface area is 333 Å². The number of sulfonamides is 1. The molecule has 4 aromatic carbocycles. The number of nitro benzene ring substituents is 1. The number of nitrogens with one attached hydrogen (secondary N) is 2. The van der Waals surface area contributed by atoms with Gasteiger partial charge in [0.15, 0.2) is 0 Å². The fourth-order valence-electron chi connectivity index (χ4n) is 7.14. The van der Waals surface area contributed by atoms with E-state index < -0.39 is 26.5 Å². The molecule has 2 aliphatic rings. The number of hydrogen-bond donors (Lipinski definition) is 2. The summed E-state index contributed by atoms with van der Waals surface area (Å²) in [5.74, 6) is -0.413. The van der Waals surface area contributed by atoms with Gasteiger partial charge < -0.3 is 15.1 Å². The number of amides is 1. The Morgan fingerprint density at radius 3 is 2.30 bits per heavy atom. The molecular weight excluding hydrogens is 752 g/mol. The van der Waals surface area contributed by atoms with Crippen LogP contribution in [0.5, 0.6) is 0 Å². The molecule has 4 aromatic rings. The maximum Gasteiger partial charge on any atom is 0.293 e. The van der Waals surface area contributed by atoms with Crippen LogP contribution in [0.2, 0.25) is 0 Å². The van der Waals surface area contributed by atoms with Gasteiger partial charge >= 0.3 is 0 Å². The van der Waals surface area contributed by atoms with Crippen LogP contribution in [0, 0.1) is 15.9 Å². The number of anilines is 2. The number of allylic oxidation sites excluding steroid dienone is 1. The Hall–Kier alpha value is -4.76. The van der Waals surface area contributed by atoms with Crippen LogP contribution in [0.3, 0.4) is 0 Å². The van der Waals surface area contributed by atoms with E-state index in [4.69, 9.17) is 0 Å². The molecule has 296 valence electrons. The first-order valence-electron chi connectivity index (χ1n) is 18.9. The van der Waals surface area contributed by atoms with E-state index in [0.717, 1.165) is 87.2 Å². The Morgan fingerprint density at radius 1 is 0.929 bits per heavy atom. The second kappa shape index (κ2) is 18.9. The van der Waals surface area contributed by atoms with Crippen molar-refractivity contribution < 1.29 is 22.5 Å². The second-order valence-corrected chi connectivity index (χ2v) is 17.3. The highest BCUT2D eigenvalue weighted by Gasteiger charge is 2.26. The third-order valence-corrected chi connectivity index (χ3v) is 12.7. The van der Waals surface area contributed by atoms with Crippen molar-refractivity contribution in [3.8, 4) is 0 Å². The maximum atomic E-state index is 13.6. The van der Waals surface area contributed by atoms with E-state index in [2.05, 4.69) is 19.8 Å². The minimum Gasteiger partial charge on any atom is -0.376 e. The molecule has 0 saturated carbocycles. The van der Waals surface area contributed by atoms with Crippen molar-refractivity contribution in [2.75, 3.05) is 69.3 Å². The van der Waals surface area contributed by atoms with E-state index in [1.165, 1.54) is 35.4 Å². The third kappa shape index (κ3) is 11.0. The Kier molecular flexibility index (Phi) is 13.8. The molecule has 0 aromatic heterocycles. The summed E-state index contributed by atoms with van der Waals surface area (Å²) in [7, 11) is -0.514. The monoisotopic (exact) mass is 800 g/mol. The topological polar surface area (TPSA) is 128 Å². The van der Waals surface area contributed by atoms with Gasteiger partial charge in [-0.1, -0.05) is 35.9 Å². The molecular formula is C42H49FN6O5S2. The number of benzene rings is 4. The molecule has 0 spiro atoms. The normalized spacial score (nSPS) is 15.8. The van der Waals surface area contributed by atoms with Crippen molar-refractivity contribution in [1.82, 2.24) is 14.5 Å². The summed E-state index contributed by atoms with van der Waals surface area (Å²) in [5, 5.41) is 15.4. The van der Waals surface area contributed by atoms with E-state index >= 15 is 0 Å². The number of nitrogens with zero attached hydrogens (tertiary/aromatic N) is 4. The molecule has 1 amide bonds. The van der Waals surface area contributed by atoms with E-state index in [9.17, 15) is 27.7 Å². The molecule has 0 radical (unpaired) electrons. The van der Waals surface area contributed by atoms with Crippen LogP contribution in [0.4, 0.5) is 21.5 Å². The van der Waals surface area contributed by atoms with Crippen LogP contribution in [0.25, 0.3) is 5.57 Å². The molecule has 1 heterocycles. The van der Waals surface area contributed by atoms with Gasteiger partial charge in [-0.05, 0) is 125 Å². The first-order chi connectivity index (χ1) is 26.9. The molecule has 1 aliphatic heterocycles. The largest absolute Gasteiger partial charge is 0.376 e. The number of hydrogen-bond acceptors (Lipinski definition) is 10. The van der Waals surface area contributed by atoms with Crippen LogP contribution in [-0.2, 0) is 10.0 Å². The fourth-order valence-corrected chi connectivity index (χ4v) is 9.12. The van der Waals surface area contributed by atoms with E-state index in [1.54, 1.807) is 23.9 Å². The number of rotatable bonds is 16. The van der Waals surface area contributed by atoms with Crippen LogP contribution < -0.4 is 14.9 Å². The Balaban J connectivity index is 1.06. The minimum atomic E-state index is -4.43. The zero-order valence-corrected chi connectivity index (χ0v) is 33.5. The van der Waals surface area contributed by atoms with Gasteiger partial charge in [-0.3, -0.25) is 19.8 Å². The van der Waals surface area contributed by atoms with Gasteiger partial charge in [-0.2, -0.15) is 0 Å². The SMILES string of the molecule is CN(C)CC[C@H](CSc1ccccc1)Nc1ccc(S(=O)(=O)NC(=O)c2ccc(N3CCN(CC4=C(c5ccc(F)cc5)CCCC4)CC3)cc2)cc1[N+](=O)[O-]. The van der Waals surface area contributed by atoms with Gasteiger partial charge in [0.1, 0.15) is 11.5 Å². The highest BCUT2D eigenvalue weighted by Crippen LogP contribution is 2.34. The molecule has 1 atom stereocenters.